The summed E-state index contributed by atoms with van der Waals surface area (Å²) < 4.78 is 0. The minimum absolute atomic E-state index is 0.254. The summed E-state index contributed by atoms with van der Waals surface area (Å²) in [5, 5.41) is 12.4. The van der Waals surface area contributed by atoms with Gasteiger partial charge in [0, 0.05) is 12.2 Å². The van der Waals surface area contributed by atoms with Crippen molar-refractivity contribution in [2.75, 3.05) is 11.1 Å². The van der Waals surface area contributed by atoms with Crippen molar-refractivity contribution in [3.05, 3.63) is 53.7 Å². The average molecular weight is 266 g/mol. The van der Waals surface area contributed by atoms with Gasteiger partial charge in [0.15, 0.2) is 0 Å². The Morgan fingerprint density at radius 2 is 2.05 bits per heavy atom. The lowest BCUT2D eigenvalue weighted by atomic mass is 10.1. The van der Waals surface area contributed by atoms with Crippen molar-refractivity contribution in [3.8, 4) is 6.07 Å². The highest BCUT2D eigenvalue weighted by Gasteiger charge is 2.09. The third kappa shape index (κ3) is 3.48. The van der Waals surface area contributed by atoms with E-state index in [0.29, 0.717) is 5.56 Å². The number of pyridine rings is 1. The van der Waals surface area contributed by atoms with Crippen LogP contribution in [0, 0.1) is 11.3 Å². The van der Waals surface area contributed by atoms with Crippen LogP contribution in [0.1, 0.15) is 24.5 Å². The molecule has 0 saturated heterocycles. The number of nitrogens with zero attached hydrogens (tertiary/aromatic N) is 2. The van der Waals surface area contributed by atoms with Crippen LogP contribution < -0.4 is 11.1 Å². The molecule has 4 heteroatoms. The van der Waals surface area contributed by atoms with Gasteiger partial charge < -0.3 is 11.1 Å². The van der Waals surface area contributed by atoms with Gasteiger partial charge in [-0.15, -0.1) is 0 Å². The molecule has 0 unspecified atom stereocenters. The lowest BCUT2D eigenvalue weighted by Crippen LogP contribution is -2.17. The first-order valence-corrected chi connectivity index (χ1v) is 6.65. The van der Waals surface area contributed by atoms with Crippen LogP contribution in [0.4, 0.5) is 11.5 Å². The van der Waals surface area contributed by atoms with Crippen molar-refractivity contribution < 1.29 is 0 Å². The number of nitrogens with two attached hydrogens (primary N) is 1. The molecule has 1 atom stereocenters. The van der Waals surface area contributed by atoms with E-state index >= 15 is 0 Å². The zero-order valence-electron chi connectivity index (χ0n) is 11.5. The molecule has 102 valence electrons. The molecule has 3 N–H and O–H groups in total. The first-order chi connectivity index (χ1) is 9.70. The topological polar surface area (TPSA) is 74.7 Å². The van der Waals surface area contributed by atoms with E-state index in [1.807, 2.05) is 18.2 Å². The number of nitrogen functional groups attached to an aromatic ring is 1. The summed E-state index contributed by atoms with van der Waals surface area (Å²) in [6.07, 6.45) is 3.59. The predicted octanol–water partition coefficient (Wildman–Crippen LogP) is 2.97. The molecular formula is C16H18N4. The molecule has 1 heterocycles. The number of hydrogen-bond acceptors (Lipinski definition) is 4. The number of aryl methyl sites for hydroxylation is 1. The highest BCUT2D eigenvalue weighted by atomic mass is 14.9. The fourth-order valence-electron chi connectivity index (χ4n) is 2.08. The van der Waals surface area contributed by atoms with E-state index in [4.69, 9.17) is 11.0 Å². The summed E-state index contributed by atoms with van der Waals surface area (Å²) in [5.41, 5.74) is 8.18. The largest absolute Gasteiger partial charge is 0.383 e. The summed E-state index contributed by atoms with van der Waals surface area (Å²) in [5.74, 6) is 0.271. The Morgan fingerprint density at radius 1 is 1.30 bits per heavy atom. The lowest BCUT2D eigenvalue weighted by molar-refractivity contribution is 0.706. The van der Waals surface area contributed by atoms with Crippen LogP contribution in [-0.2, 0) is 6.42 Å². The number of nitriles is 1. The summed E-state index contributed by atoms with van der Waals surface area (Å²) in [7, 11) is 0. The van der Waals surface area contributed by atoms with Gasteiger partial charge in [0.1, 0.15) is 17.5 Å². The second-order valence-corrected chi connectivity index (χ2v) is 4.80. The Balaban J connectivity index is 1.97. The fraction of sp³-hybridized carbons (Fsp3) is 0.250. The third-order valence-electron chi connectivity index (χ3n) is 3.20. The molecule has 0 fully saturated rings. The fourth-order valence-corrected chi connectivity index (χ4v) is 2.08. The van der Waals surface area contributed by atoms with Gasteiger partial charge in [0.05, 0.1) is 5.69 Å². The molecule has 0 radical (unpaired) electrons. The molecule has 1 aromatic carbocycles. The molecule has 4 nitrogen and oxygen atoms in total. The molecule has 0 aliphatic carbocycles. The van der Waals surface area contributed by atoms with Gasteiger partial charge in [-0.3, -0.25) is 0 Å². The van der Waals surface area contributed by atoms with Crippen LogP contribution in [0.2, 0.25) is 0 Å². The van der Waals surface area contributed by atoms with Crippen molar-refractivity contribution in [3.63, 3.8) is 0 Å². The Hall–Kier alpha value is -2.54. The zero-order chi connectivity index (χ0) is 14.4. The lowest BCUT2D eigenvalue weighted by Gasteiger charge is -2.16. The van der Waals surface area contributed by atoms with Crippen molar-refractivity contribution >= 4 is 11.5 Å². The van der Waals surface area contributed by atoms with Crippen LogP contribution in [0.15, 0.2) is 42.6 Å². The zero-order valence-corrected chi connectivity index (χ0v) is 11.5. The van der Waals surface area contributed by atoms with Crippen molar-refractivity contribution in [2.45, 2.75) is 25.8 Å². The molecule has 0 aliphatic rings. The predicted molar refractivity (Wildman–Crippen MR) is 81.2 cm³/mol. The summed E-state index contributed by atoms with van der Waals surface area (Å²) in [6, 6.07) is 14.5. The minimum atomic E-state index is 0.254. The van der Waals surface area contributed by atoms with Gasteiger partial charge in [0.25, 0.3) is 0 Å². The van der Waals surface area contributed by atoms with Gasteiger partial charge in [0.2, 0.25) is 0 Å². The maximum absolute atomic E-state index is 9.11. The highest BCUT2D eigenvalue weighted by Crippen LogP contribution is 2.20. The number of nitrogens with one attached hydrogen (secondary N) is 1. The number of aromatic nitrogens is 1. The van der Waals surface area contributed by atoms with E-state index in [1.165, 1.54) is 5.56 Å². The highest BCUT2D eigenvalue weighted by molar-refractivity contribution is 5.66. The quantitative estimate of drug-likeness (QED) is 0.872. The maximum atomic E-state index is 9.11. The van der Waals surface area contributed by atoms with E-state index in [0.717, 1.165) is 18.5 Å². The minimum Gasteiger partial charge on any atom is -0.383 e. The molecular weight excluding hydrogens is 248 g/mol. The second-order valence-electron chi connectivity index (χ2n) is 4.80. The van der Waals surface area contributed by atoms with Crippen LogP contribution >= 0.6 is 0 Å². The van der Waals surface area contributed by atoms with Crippen LogP contribution in [0.25, 0.3) is 0 Å². The first-order valence-electron chi connectivity index (χ1n) is 6.65. The normalized spacial score (nSPS) is 11.6. The Bertz CT molecular complexity index is 602. The summed E-state index contributed by atoms with van der Waals surface area (Å²) in [4.78, 5) is 3.93. The Morgan fingerprint density at radius 3 is 2.75 bits per heavy atom. The molecule has 0 bridgehead atoms. The number of hydrogen-bond donors (Lipinski definition) is 2. The van der Waals surface area contributed by atoms with Gasteiger partial charge in [-0.05, 0) is 31.4 Å². The van der Waals surface area contributed by atoms with E-state index in [9.17, 15) is 0 Å². The molecule has 0 aliphatic heterocycles. The number of anilines is 2. The average Bonchev–Trinajstić information content (AvgIpc) is 2.46. The molecule has 1 aromatic heterocycles. The summed E-state index contributed by atoms with van der Waals surface area (Å²) >= 11 is 0. The van der Waals surface area contributed by atoms with Gasteiger partial charge >= 0.3 is 0 Å². The molecule has 0 saturated carbocycles. The Labute approximate surface area is 119 Å². The standard InChI is InChI=1S/C16H18N4/c1-12(7-8-13-5-3-2-4-6-13)20-15-9-10-19-16(18)14(15)11-17/h2-6,9-10,12H,7-8H2,1H3,(H3,18,19,20)/t12-/m0/s1. The van der Waals surface area contributed by atoms with Crippen LogP contribution in [-0.4, -0.2) is 11.0 Å². The third-order valence-corrected chi connectivity index (χ3v) is 3.20. The molecule has 2 rings (SSSR count). The van der Waals surface area contributed by atoms with Crippen molar-refractivity contribution in [1.82, 2.24) is 4.98 Å². The summed E-state index contributed by atoms with van der Waals surface area (Å²) in [6.45, 7) is 2.10. The van der Waals surface area contributed by atoms with Crippen LogP contribution in [0.5, 0.6) is 0 Å². The van der Waals surface area contributed by atoms with Gasteiger partial charge in [-0.25, -0.2) is 4.98 Å². The first kappa shape index (κ1) is 13.9. The van der Waals surface area contributed by atoms with Gasteiger partial charge in [-0.1, -0.05) is 30.3 Å². The second kappa shape index (κ2) is 6.58. The molecule has 0 spiro atoms. The van der Waals surface area contributed by atoms with Crippen molar-refractivity contribution in [1.29, 1.82) is 5.26 Å². The smallest absolute Gasteiger partial charge is 0.143 e. The maximum Gasteiger partial charge on any atom is 0.143 e. The molecule has 20 heavy (non-hydrogen) atoms. The SMILES string of the molecule is C[C@@H](CCc1ccccc1)Nc1ccnc(N)c1C#N. The molecule has 0 amide bonds. The van der Waals surface area contributed by atoms with E-state index in [2.05, 4.69) is 35.4 Å². The van der Waals surface area contributed by atoms with E-state index in [-0.39, 0.29) is 11.9 Å². The molecule has 2 aromatic rings. The van der Waals surface area contributed by atoms with E-state index in [1.54, 1.807) is 12.3 Å². The Kier molecular flexibility index (Phi) is 4.56. The number of benzene rings is 1. The van der Waals surface area contributed by atoms with Crippen molar-refractivity contribution in [2.24, 2.45) is 0 Å². The van der Waals surface area contributed by atoms with Gasteiger partial charge in [-0.2, -0.15) is 5.26 Å². The monoisotopic (exact) mass is 266 g/mol. The number of rotatable bonds is 5. The van der Waals surface area contributed by atoms with Crippen LogP contribution in [0.3, 0.4) is 0 Å². The van der Waals surface area contributed by atoms with E-state index < -0.39 is 0 Å².